The van der Waals surface area contributed by atoms with Crippen molar-refractivity contribution in [3.8, 4) is 0 Å². The maximum Gasteiger partial charge on any atom is 0.279 e. The Morgan fingerprint density at radius 2 is 1.72 bits per heavy atom. The van der Waals surface area contributed by atoms with Crippen LogP contribution in [0.25, 0.3) is 0 Å². The number of hydrogen-bond donors (Lipinski definition) is 2. The molecule has 2 aromatic carbocycles. The molecule has 0 radical (unpaired) electrons. The fraction of sp³-hybridized carbons (Fsp3) is 0.105. The Hall–Kier alpha value is -1.85. The van der Waals surface area contributed by atoms with Gasteiger partial charge in [0.2, 0.25) is 0 Å². The normalized spacial score (nSPS) is 11.9. The Labute approximate surface area is 160 Å². The summed E-state index contributed by atoms with van der Waals surface area (Å²) in [5.74, 6) is -0.146. The number of anilines is 1. The molecule has 1 amide bonds. The first-order valence-corrected chi connectivity index (χ1v) is 9.44. The van der Waals surface area contributed by atoms with Crippen molar-refractivity contribution in [3.05, 3.63) is 86.5 Å². The van der Waals surface area contributed by atoms with Gasteiger partial charge >= 0.3 is 0 Å². The molecular formula is C19H17Cl2N2OS+. The summed E-state index contributed by atoms with van der Waals surface area (Å²) in [5.41, 5.74) is 1.62. The Morgan fingerprint density at radius 3 is 2.36 bits per heavy atom. The van der Waals surface area contributed by atoms with Gasteiger partial charge in [0.05, 0.1) is 20.6 Å². The summed E-state index contributed by atoms with van der Waals surface area (Å²) in [6.07, 6.45) is 0. The Bertz CT molecular complexity index is 818. The minimum absolute atomic E-state index is 0.0775. The summed E-state index contributed by atoms with van der Waals surface area (Å²) in [6.45, 7) is 0.263. The average Bonchev–Trinajstić information content (AvgIpc) is 3.14. The van der Waals surface area contributed by atoms with Crippen molar-refractivity contribution in [2.24, 2.45) is 0 Å². The Kier molecular flexibility index (Phi) is 6.10. The van der Waals surface area contributed by atoms with Gasteiger partial charge in [-0.1, -0.05) is 65.7 Å². The van der Waals surface area contributed by atoms with E-state index in [0.29, 0.717) is 15.7 Å². The molecular weight excluding hydrogens is 375 g/mol. The van der Waals surface area contributed by atoms with E-state index in [1.807, 2.05) is 35.0 Å². The molecule has 128 valence electrons. The van der Waals surface area contributed by atoms with Crippen LogP contribution in [0.3, 0.4) is 0 Å². The van der Waals surface area contributed by atoms with Gasteiger partial charge in [-0.05, 0) is 23.6 Å². The summed E-state index contributed by atoms with van der Waals surface area (Å²) in [6, 6.07) is 19.5. The average molecular weight is 392 g/mol. The number of halogens is 2. The summed E-state index contributed by atoms with van der Waals surface area (Å²) in [4.78, 5) is 13.6. The molecule has 0 aliphatic heterocycles. The first-order chi connectivity index (χ1) is 12.1. The van der Waals surface area contributed by atoms with E-state index in [0.717, 1.165) is 5.56 Å². The third-order valence-corrected chi connectivity index (χ3v) is 5.36. The molecule has 1 aromatic heterocycles. The molecule has 3 rings (SSSR count). The molecule has 0 spiro atoms. The van der Waals surface area contributed by atoms with E-state index in [2.05, 4.69) is 23.5 Å². The molecule has 25 heavy (non-hydrogen) atoms. The molecule has 1 atom stereocenters. The van der Waals surface area contributed by atoms with Gasteiger partial charge in [-0.2, -0.15) is 0 Å². The van der Waals surface area contributed by atoms with E-state index >= 15 is 0 Å². The molecule has 1 heterocycles. The molecule has 0 aliphatic rings. The quantitative estimate of drug-likeness (QED) is 0.644. The zero-order chi connectivity index (χ0) is 17.6. The summed E-state index contributed by atoms with van der Waals surface area (Å²) < 4.78 is 0. The highest BCUT2D eigenvalue weighted by Gasteiger charge is 2.20. The van der Waals surface area contributed by atoms with Gasteiger partial charge in [-0.3, -0.25) is 4.79 Å². The van der Waals surface area contributed by atoms with Gasteiger partial charge < -0.3 is 10.6 Å². The lowest BCUT2D eigenvalue weighted by Gasteiger charge is -2.15. The van der Waals surface area contributed by atoms with E-state index in [4.69, 9.17) is 23.2 Å². The fourth-order valence-corrected chi connectivity index (χ4v) is 3.92. The largest absolute Gasteiger partial charge is 0.328 e. The predicted molar refractivity (Wildman–Crippen MR) is 104 cm³/mol. The number of hydrogen-bond acceptors (Lipinski definition) is 2. The highest BCUT2D eigenvalue weighted by Crippen LogP contribution is 2.29. The Balaban J connectivity index is 1.70. The molecule has 0 saturated carbocycles. The molecule has 0 saturated heterocycles. The van der Waals surface area contributed by atoms with E-state index in [9.17, 15) is 4.79 Å². The number of benzene rings is 2. The highest BCUT2D eigenvalue weighted by atomic mass is 35.5. The van der Waals surface area contributed by atoms with E-state index in [1.165, 1.54) is 4.88 Å². The number of para-hydroxylation sites is 1. The smallest absolute Gasteiger partial charge is 0.279 e. The van der Waals surface area contributed by atoms with Gasteiger partial charge in [-0.15, -0.1) is 11.3 Å². The van der Waals surface area contributed by atoms with Crippen LogP contribution in [-0.2, 0) is 4.79 Å². The van der Waals surface area contributed by atoms with Crippen LogP contribution in [0.4, 0.5) is 5.69 Å². The van der Waals surface area contributed by atoms with Crippen molar-refractivity contribution < 1.29 is 10.1 Å². The maximum absolute atomic E-state index is 12.4. The third kappa shape index (κ3) is 4.61. The molecule has 0 aliphatic carbocycles. The zero-order valence-corrected chi connectivity index (χ0v) is 15.6. The Morgan fingerprint density at radius 1 is 1.00 bits per heavy atom. The SMILES string of the molecule is O=C(C[NH2+][C@@H](c1ccccc1)c1cccs1)Nc1c(Cl)cccc1Cl. The second kappa shape index (κ2) is 8.50. The number of thiophene rings is 1. The highest BCUT2D eigenvalue weighted by molar-refractivity contribution is 7.10. The summed E-state index contributed by atoms with van der Waals surface area (Å²) in [7, 11) is 0. The molecule has 3 nitrogen and oxygen atoms in total. The van der Waals surface area contributed by atoms with E-state index < -0.39 is 0 Å². The first kappa shape index (κ1) is 18.0. The third-order valence-electron chi connectivity index (χ3n) is 3.77. The number of nitrogens with one attached hydrogen (secondary N) is 1. The lowest BCUT2D eigenvalue weighted by molar-refractivity contribution is -0.675. The van der Waals surface area contributed by atoms with Crippen molar-refractivity contribution >= 4 is 46.1 Å². The number of carbonyl (C=O) groups excluding carboxylic acids is 1. The van der Waals surface area contributed by atoms with Gasteiger partial charge in [0.25, 0.3) is 5.91 Å². The maximum atomic E-state index is 12.4. The lowest BCUT2D eigenvalue weighted by atomic mass is 10.1. The molecule has 0 fully saturated rings. The fourth-order valence-electron chi connectivity index (χ4n) is 2.58. The van der Waals surface area contributed by atoms with Gasteiger partial charge in [0.1, 0.15) is 6.04 Å². The van der Waals surface area contributed by atoms with Crippen LogP contribution in [0.15, 0.2) is 66.0 Å². The molecule has 3 N–H and O–H groups in total. The second-order valence-electron chi connectivity index (χ2n) is 5.49. The van der Waals surface area contributed by atoms with Crippen LogP contribution >= 0.6 is 34.5 Å². The summed E-state index contributed by atoms with van der Waals surface area (Å²) >= 11 is 13.9. The van der Waals surface area contributed by atoms with Gasteiger partial charge in [0, 0.05) is 5.56 Å². The van der Waals surface area contributed by atoms with Crippen LogP contribution in [0, 0.1) is 0 Å². The van der Waals surface area contributed by atoms with Crippen molar-refractivity contribution in [1.82, 2.24) is 0 Å². The number of carbonyl (C=O) groups is 1. The van der Waals surface area contributed by atoms with Crippen LogP contribution in [0.2, 0.25) is 10.0 Å². The standard InChI is InChI=1S/C19H16Cl2N2OS/c20-14-8-4-9-15(21)19(14)23-17(24)12-22-18(16-10-5-11-25-16)13-6-2-1-3-7-13/h1-11,18,22H,12H2,(H,23,24)/p+1/t18-/m0/s1. The second-order valence-corrected chi connectivity index (χ2v) is 7.28. The van der Waals surface area contributed by atoms with Gasteiger partial charge in [-0.25, -0.2) is 0 Å². The number of rotatable bonds is 6. The monoisotopic (exact) mass is 391 g/mol. The first-order valence-electron chi connectivity index (χ1n) is 7.80. The summed E-state index contributed by atoms with van der Waals surface area (Å²) in [5, 5.41) is 7.72. The number of amides is 1. The zero-order valence-electron chi connectivity index (χ0n) is 13.3. The van der Waals surface area contributed by atoms with Crippen molar-refractivity contribution in [2.45, 2.75) is 6.04 Å². The minimum atomic E-state index is -0.146. The minimum Gasteiger partial charge on any atom is -0.328 e. The molecule has 3 aromatic rings. The molecule has 0 unspecified atom stereocenters. The van der Waals surface area contributed by atoms with Crippen LogP contribution in [-0.4, -0.2) is 12.5 Å². The van der Waals surface area contributed by atoms with E-state index in [-0.39, 0.29) is 18.5 Å². The topological polar surface area (TPSA) is 45.7 Å². The number of quaternary nitrogens is 1. The molecule has 0 bridgehead atoms. The van der Waals surface area contributed by atoms with Crippen LogP contribution in [0.1, 0.15) is 16.5 Å². The van der Waals surface area contributed by atoms with Crippen molar-refractivity contribution in [2.75, 3.05) is 11.9 Å². The van der Waals surface area contributed by atoms with Crippen LogP contribution < -0.4 is 10.6 Å². The van der Waals surface area contributed by atoms with Crippen molar-refractivity contribution in [3.63, 3.8) is 0 Å². The van der Waals surface area contributed by atoms with Crippen molar-refractivity contribution in [1.29, 1.82) is 0 Å². The molecule has 6 heteroatoms. The van der Waals surface area contributed by atoms with Gasteiger partial charge in [0.15, 0.2) is 6.54 Å². The van der Waals surface area contributed by atoms with E-state index in [1.54, 1.807) is 29.5 Å². The lowest BCUT2D eigenvalue weighted by Crippen LogP contribution is -2.87. The predicted octanol–water partition coefficient (Wildman–Crippen LogP) is 4.35. The van der Waals surface area contributed by atoms with Crippen LogP contribution in [0.5, 0.6) is 0 Å². The number of nitrogens with two attached hydrogens (primary N) is 1.